The van der Waals surface area contributed by atoms with Gasteiger partial charge in [-0.2, -0.15) is 0 Å². The molecular weight excluding hydrogens is 539 g/mol. The minimum Gasteiger partial charge on any atom is -0.407 e. The van der Waals surface area contributed by atoms with Gasteiger partial charge in [0.2, 0.25) is 0 Å². The first-order chi connectivity index (χ1) is 18.6. The van der Waals surface area contributed by atoms with Gasteiger partial charge in [0, 0.05) is 12.1 Å². The molecule has 6 heteroatoms. The summed E-state index contributed by atoms with van der Waals surface area (Å²) in [6.07, 6.45) is 3.59. The second kappa shape index (κ2) is 12.0. The average Bonchev–Trinajstić information content (AvgIpc) is 3.43. The second-order valence-corrected chi connectivity index (χ2v) is 17.0. The summed E-state index contributed by atoms with van der Waals surface area (Å²) in [5, 5.41) is -0.386. The Bertz CT molecular complexity index is 1230. The minimum absolute atomic E-state index is 0.0264. The molecule has 1 heterocycles. The highest BCUT2D eigenvalue weighted by Crippen LogP contribution is 2.48. The summed E-state index contributed by atoms with van der Waals surface area (Å²) < 4.78 is 9.20. The fraction of sp³-hybridized carbons (Fsp3) is 0.364. The fourth-order valence-electron chi connectivity index (χ4n) is 5.22. The van der Waals surface area contributed by atoms with Crippen molar-refractivity contribution >= 4 is 31.5 Å². The molecular formula is C33H40Cl2N2OSi. The van der Waals surface area contributed by atoms with E-state index in [-0.39, 0.29) is 10.9 Å². The van der Waals surface area contributed by atoms with Gasteiger partial charge in [-0.05, 0) is 40.7 Å². The molecule has 0 spiro atoms. The Morgan fingerprint density at radius 2 is 1.26 bits per heavy atom. The molecule has 0 N–H and O–H groups in total. The standard InChI is InChI=1S/C33H40Cl2N2OSi/c1-25(2)32(3,4)39(5,6)38-31(29(35)22-34)30-23-37(24-36-30)33(26-16-10-7-11-17-26,27-18-12-8-13-19-27)28-20-14-9-15-21-28/h7-21,23-25,29,31H,22H2,1-6H3/t29-,31+/m0/s1. The number of halogens is 2. The summed E-state index contributed by atoms with van der Waals surface area (Å²) in [5.74, 6) is 0.733. The molecule has 0 saturated carbocycles. The van der Waals surface area contributed by atoms with E-state index in [1.54, 1.807) is 0 Å². The van der Waals surface area contributed by atoms with Crippen LogP contribution in [-0.2, 0) is 9.96 Å². The summed E-state index contributed by atoms with van der Waals surface area (Å²) in [4.78, 5) is 4.96. The third-order valence-corrected chi connectivity index (χ3v) is 14.1. The largest absolute Gasteiger partial charge is 0.407 e. The summed E-state index contributed by atoms with van der Waals surface area (Å²) in [6.45, 7) is 13.7. The Labute approximate surface area is 245 Å². The normalized spacial score (nSPS) is 14.4. The highest BCUT2D eigenvalue weighted by Gasteiger charge is 2.46. The maximum absolute atomic E-state index is 6.99. The van der Waals surface area contributed by atoms with Gasteiger partial charge in [0.25, 0.3) is 0 Å². The van der Waals surface area contributed by atoms with Crippen molar-refractivity contribution in [3.8, 4) is 0 Å². The molecule has 206 valence electrons. The molecule has 0 aliphatic rings. The van der Waals surface area contributed by atoms with E-state index in [0.717, 1.165) is 22.4 Å². The van der Waals surface area contributed by atoms with Crippen LogP contribution in [0.3, 0.4) is 0 Å². The summed E-state index contributed by atoms with van der Waals surface area (Å²) in [6, 6.07) is 31.7. The lowest BCUT2D eigenvalue weighted by Gasteiger charge is -2.44. The Balaban J connectivity index is 1.92. The molecule has 39 heavy (non-hydrogen) atoms. The van der Waals surface area contributed by atoms with Crippen molar-refractivity contribution in [2.75, 3.05) is 5.88 Å². The van der Waals surface area contributed by atoms with Crippen LogP contribution in [-0.4, -0.2) is 29.1 Å². The molecule has 3 aromatic carbocycles. The predicted octanol–water partition coefficient (Wildman–Crippen LogP) is 9.27. The van der Waals surface area contributed by atoms with E-state index in [4.69, 9.17) is 32.6 Å². The lowest BCUT2D eigenvalue weighted by molar-refractivity contribution is 0.170. The van der Waals surface area contributed by atoms with E-state index < -0.39 is 25.3 Å². The number of aromatic nitrogens is 2. The summed E-state index contributed by atoms with van der Waals surface area (Å²) >= 11 is 13.2. The van der Waals surface area contributed by atoms with Gasteiger partial charge in [-0.25, -0.2) is 4.98 Å². The van der Waals surface area contributed by atoms with Crippen molar-refractivity contribution in [2.24, 2.45) is 5.92 Å². The first kappa shape index (κ1) is 29.6. The van der Waals surface area contributed by atoms with Crippen LogP contribution in [0.15, 0.2) is 104 Å². The lowest BCUT2D eigenvalue weighted by Crippen LogP contribution is -2.47. The van der Waals surface area contributed by atoms with Gasteiger partial charge < -0.3 is 8.99 Å². The van der Waals surface area contributed by atoms with Gasteiger partial charge in [0.1, 0.15) is 11.6 Å². The van der Waals surface area contributed by atoms with Crippen LogP contribution in [0.1, 0.15) is 56.2 Å². The molecule has 0 aliphatic heterocycles. The minimum atomic E-state index is -2.24. The molecule has 2 atom stereocenters. The van der Waals surface area contributed by atoms with E-state index >= 15 is 0 Å². The number of benzene rings is 3. The van der Waals surface area contributed by atoms with Crippen LogP contribution in [0.2, 0.25) is 18.1 Å². The predicted molar refractivity (Wildman–Crippen MR) is 167 cm³/mol. The first-order valence-corrected chi connectivity index (χ1v) is 17.5. The highest BCUT2D eigenvalue weighted by molar-refractivity contribution is 6.74. The lowest BCUT2D eigenvalue weighted by atomic mass is 9.77. The van der Waals surface area contributed by atoms with Crippen LogP contribution >= 0.6 is 23.2 Å². The number of rotatable bonds is 11. The van der Waals surface area contributed by atoms with Gasteiger partial charge in [-0.3, -0.25) is 0 Å². The van der Waals surface area contributed by atoms with Crippen molar-refractivity contribution in [1.82, 2.24) is 9.55 Å². The van der Waals surface area contributed by atoms with Crippen molar-refractivity contribution in [1.29, 1.82) is 0 Å². The van der Waals surface area contributed by atoms with Gasteiger partial charge >= 0.3 is 0 Å². The van der Waals surface area contributed by atoms with Crippen LogP contribution in [0.4, 0.5) is 0 Å². The average molecular weight is 580 g/mol. The SMILES string of the molecule is CC(C)C(C)(C)[Si](C)(C)O[C@@H](c1cn(C(c2ccccc2)(c2ccccc2)c2ccccc2)cn1)[C@@H](Cl)CCl. The van der Waals surface area contributed by atoms with Gasteiger partial charge in [-0.1, -0.05) is 119 Å². The summed E-state index contributed by atoms with van der Waals surface area (Å²) in [5.41, 5.74) is 3.56. The maximum atomic E-state index is 6.99. The molecule has 0 bridgehead atoms. The number of alkyl halides is 2. The van der Waals surface area contributed by atoms with Crippen molar-refractivity contribution in [3.63, 3.8) is 0 Å². The zero-order valence-electron chi connectivity index (χ0n) is 23.8. The molecule has 0 amide bonds. The van der Waals surface area contributed by atoms with Gasteiger partial charge in [-0.15, -0.1) is 23.2 Å². The van der Waals surface area contributed by atoms with E-state index in [1.807, 2.05) is 6.33 Å². The molecule has 3 nitrogen and oxygen atoms in total. The monoisotopic (exact) mass is 578 g/mol. The van der Waals surface area contributed by atoms with E-state index in [0.29, 0.717) is 5.92 Å². The van der Waals surface area contributed by atoms with Gasteiger partial charge in [0.05, 0.1) is 17.4 Å². The Morgan fingerprint density at radius 3 is 1.64 bits per heavy atom. The van der Waals surface area contributed by atoms with Crippen LogP contribution in [0, 0.1) is 5.92 Å². The fourth-order valence-corrected chi connectivity index (χ4v) is 8.26. The zero-order valence-corrected chi connectivity index (χ0v) is 26.3. The molecule has 0 radical (unpaired) electrons. The number of hydrogen-bond acceptors (Lipinski definition) is 2. The van der Waals surface area contributed by atoms with Gasteiger partial charge in [0.15, 0.2) is 8.32 Å². The molecule has 0 fully saturated rings. The topological polar surface area (TPSA) is 27.1 Å². The molecule has 4 rings (SSSR count). The third kappa shape index (κ3) is 5.63. The quantitative estimate of drug-likeness (QED) is 0.101. The van der Waals surface area contributed by atoms with Crippen LogP contribution in [0.25, 0.3) is 0 Å². The van der Waals surface area contributed by atoms with E-state index in [2.05, 4.69) is 143 Å². The van der Waals surface area contributed by atoms with E-state index in [9.17, 15) is 0 Å². The summed E-state index contributed by atoms with van der Waals surface area (Å²) in [7, 11) is -2.24. The van der Waals surface area contributed by atoms with Crippen molar-refractivity contribution < 1.29 is 4.43 Å². The Kier molecular flexibility index (Phi) is 9.12. The van der Waals surface area contributed by atoms with Crippen LogP contribution in [0.5, 0.6) is 0 Å². The zero-order chi connectivity index (χ0) is 28.3. The molecule has 1 aromatic heterocycles. The number of nitrogens with zero attached hydrogens (tertiary/aromatic N) is 2. The Morgan fingerprint density at radius 1 is 0.821 bits per heavy atom. The van der Waals surface area contributed by atoms with Crippen molar-refractivity contribution in [2.45, 2.75) is 62.8 Å². The second-order valence-electron chi connectivity index (χ2n) is 11.6. The molecule has 0 aliphatic carbocycles. The molecule has 0 unspecified atom stereocenters. The van der Waals surface area contributed by atoms with Crippen molar-refractivity contribution in [3.05, 3.63) is 126 Å². The smallest absolute Gasteiger partial charge is 0.193 e. The first-order valence-electron chi connectivity index (χ1n) is 13.6. The number of hydrogen-bond donors (Lipinski definition) is 0. The molecule has 0 saturated heterocycles. The van der Waals surface area contributed by atoms with E-state index in [1.165, 1.54) is 0 Å². The Hall–Kier alpha value is -2.37. The maximum Gasteiger partial charge on any atom is 0.193 e. The highest BCUT2D eigenvalue weighted by atomic mass is 35.5. The van der Waals surface area contributed by atoms with Crippen LogP contribution < -0.4 is 0 Å². The third-order valence-electron chi connectivity index (χ3n) is 8.75. The molecule has 4 aromatic rings. The number of imidazole rings is 1.